The van der Waals surface area contributed by atoms with Crippen LogP contribution in [-0.2, 0) is 32.8 Å². The Kier molecular flexibility index (Phi) is 11.5. The van der Waals surface area contributed by atoms with Gasteiger partial charge in [-0.3, -0.25) is 9.59 Å². The Morgan fingerprint density at radius 1 is 0.952 bits per heavy atom. The molecule has 226 valence electrons. The zero-order valence-corrected chi connectivity index (χ0v) is 25.5. The lowest BCUT2D eigenvalue weighted by atomic mass is 10.0. The Hall–Kier alpha value is -3.96. The van der Waals surface area contributed by atoms with Gasteiger partial charge >= 0.3 is 10.2 Å². The zero-order valence-electron chi connectivity index (χ0n) is 24.7. The highest BCUT2D eigenvalue weighted by molar-refractivity contribution is 7.90. The van der Waals surface area contributed by atoms with Gasteiger partial charge in [0.05, 0.1) is 12.8 Å². The fourth-order valence-electron chi connectivity index (χ4n) is 4.29. The SMILES string of the molecule is CC[C@H](C)NC(=O)[C@@H](Cc1ccccc1)N(Cc1cccc(OC)c1)C(=O)CN(c1ccc(F)cc1)S(=O)(=O)N(C)C. The van der Waals surface area contributed by atoms with Gasteiger partial charge in [0.1, 0.15) is 24.2 Å². The summed E-state index contributed by atoms with van der Waals surface area (Å²) in [5.74, 6) is -0.927. The Balaban J connectivity index is 2.11. The van der Waals surface area contributed by atoms with Crippen LogP contribution in [-0.4, -0.2) is 69.3 Å². The van der Waals surface area contributed by atoms with E-state index in [1.54, 1.807) is 18.2 Å². The number of hydrogen-bond donors (Lipinski definition) is 1. The van der Waals surface area contributed by atoms with E-state index in [1.807, 2.05) is 50.2 Å². The van der Waals surface area contributed by atoms with Crippen molar-refractivity contribution >= 4 is 27.7 Å². The summed E-state index contributed by atoms with van der Waals surface area (Å²) in [5.41, 5.74) is 1.64. The predicted octanol–water partition coefficient (Wildman–Crippen LogP) is 4.00. The van der Waals surface area contributed by atoms with Crippen LogP contribution in [0.3, 0.4) is 0 Å². The summed E-state index contributed by atoms with van der Waals surface area (Å²) < 4.78 is 47.8. The van der Waals surface area contributed by atoms with Crippen molar-refractivity contribution in [2.24, 2.45) is 0 Å². The maximum absolute atomic E-state index is 14.2. The summed E-state index contributed by atoms with van der Waals surface area (Å²) in [5, 5.41) is 2.99. The number of anilines is 1. The van der Waals surface area contributed by atoms with Crippen LogP contribution in [0.5, 0.6) is 5.75 Å². The summed E-state index contributed by atoms with van der Waals surface area (Å²) in [7, 11) is 0.0643. The van der Waals surface area contributed by atoms with Crippen LogP contribution >= 0.6 is 0 Å². The molecule has 0 bridgehead atoms. The second-order valence-electron chi connectivity index (χ2n) is 10.2. The standard InChI is InChI=1S/C31H39FN4O5S/c1-6-23(2)33-31(38)29(20-24-11-8-7-9-12-24)35(21-25-13-10-14-28(19-25)41-5)30(37)22-36(42(39,40)34(3)4)27-17-15-26(32)16-18-27/h7-19,23,29H,6,20-22H2,1-5H3,(H,33,38)/t23-,29+/m0/s1. The molecule has 42 heavy (non-hydrogen) atoms. The van der Waals surface area contributed by atoms with E-state index in [9.17, 15) is 22.4 Å². The molecule has 0 heterocycles. The first kappa shape index (κ1) is 32.6. The van der Waals surface area contributed by atoms with E-state index < -0.39 is 34.5 Å². The van der Waals surface area contributed by atoms with Crippen LogP contribution < -0.4 is 14.4 Å². The summed E-state index contributed by atoms with van der Waals surface area (Å²) in [6.45, 7) is 3.23. The molecule has 0 aromatic heterocycles. The van der Waals surface area contributed by atoms with Crippen molar-refractivity contribution in [2.75, 3.05) is 32.1 Å². The zero-order chi connectivity index (χ0) is 30.9. The van der Waals surface area contributed by atoms with Gasteiger partial charge in [-0.2, -0.15) is 12.7 Å². The largest absolute Gasteiger partial charge is 0.497 e. The highest BCUT2D eigenvalue weighted by Gasteiger charge is 2.35. The number of halogens is 1. The van der Waals surface area contributed by atoms with Crippen molar-refractivity contribution in [3.8, 4) is 5.75 Å². The van der Waals surface area contributed by atoms with Crippen LogP contribution in [0.25, 0.3) is 0 Å². The van der Waals surface area contributed by atoms with Crippen LogP contribution in [0.15, 0.2) is 78.9 Å². The molecule has 0 fully saturated rings. The van der Waals surface area contributed by atoms with Gasteiger partial charge in [0.15, 0.2) is 0 Å². The Morgan fingerprint density at radius 3 is 2.19 bits per heavy atom. The second-order valence-corrected chi connectivity index (χ2v) is 12.2. The molecule has 2 amide bonds. The topological polar surface area (TPSA) is 99.3 Å². The fraction of sp³-hybridized carbons (Fsp3) is 0.355. The molecule has 0 aliphatic carbocycles. The molecule has 0 saturated heterocycles. The van der Waals surface area contributed by atoms with E-state index in [2.05, 4.69) is 5.32 Å². The van der Waals surface area contributed by atoms with Crippen molar-refractivity contribution in [2.45, 2.75) is 45.3 Å². The first-order valence-electron chi connectivity index (χ1n) is 13.7. The third-order valence-corrected chi connectivity index (χ3v) is 8.71. The minimum atomic E-state index is -4.17. The van der Waals surface area contributed by atoms with E-state index in [4.69, 9.17) is 4.74 Å². The Bertz CT molecular complexity index is 1440. The number of amides is 2. The molecule has 0 spiro atoms. The van der Waals surface area contributed by atoms with Gasteiger partial charge in [-0.1, -0.05) is 49.4 Å². The summed E-state index contributed by atoms with van der Waals surface area (Å²) in [4.78, 5) is 29.4. The molecule has 3 aromatic carbocycles. The lowest BCUT2D eigenvalue weighted by molar-refractivity contribution is -0.140. The van der Waals surface area contributed by atoms with Crippen molar-refractivity contribution in [3.63, 3.8) is 0 Å². The Morgan fingerprint density at radius 2 is 1.60 bits per heavy atom. The first-order valence-corrected chi connectivity index (χ1v) is 15.1. The van der Waals surface area contributed by atoms with Gasteiger partial charge in [-0.05, 0) is 60.9 Å². The molecule has 9 nitrogen and oxygen atoms in total. The van der Waals surface area contributed by atoms with E-state index in [0.29, 0.717) is 17.7 Å². The number of methoxy groups -OCH3 is 1. The van der Waals surface area contributed by atoms with Gasteiger partial charge in [0.2, 0.25) is 11.8 Å². The molecule has 0 aliphatic rings. The third-order valence-electron chi connectivity index (χ3n) is 6.89. The number of nitrogens with zero attached hydrogens (tertiary/aromatic N) is 3. The third kappa shape index (κ3) is 8.53. The molecule has 1 N–H and O–H groups in total. The molecule has 3 aromatic rings. The number of benzene rings is 3. The van der Waals surface area contributed by atoms with Crippen molar-refractivity contribution in [3.05, 3.63) is 95.8 Å². The maximum atomic E-state index is 14.2. The highest BCUT2D eigenvalue weighted by Crippen LogP contribution is 2.23. The highest BCUT2D eigenvalue weighted by atomic mass is 32.2. The molecular weight excluding hydrogens is 559 g/mol. The normalized spacial score (nSPS) is 12.8. The smallest absolute Gasteiger partial charge is 0.304 e. The average Bonchev–Trinajstić information content (AvgIpc) is 2.98. The summed E-state index contributed by atoms with van der Waals surface area (Å²) >= 11 is 0. The molecule has 2 atom stereocenters. The number of hydrogen-bond acceptors (Lipinski definition) is 5. The second kappa shape index (κ2) is 14.8. The average molecular weight is 599 g/mol. The molecule has 11 heteroatoms. The van der Waals surface area contributed by atoms with Crippen molar-refractivity contribution < 1.29 is 27.1 Å². The molecule has 0 radical (unpaired) electrons. The van der Waals surface area contributed by atoms with Gasteiger partial charge in [-0.25, -0.2) is 8.70 Å². The van der Waals surface area contributed by atoms with E-state index >= 15 is 0 Å². The Labute approximate surface area is 248 Å². The van der Waals surface area contributed by atoms with Crippen molar-refractivity contribution in [1.29, 1.82) is 0 Å². The van der Waals surface area contributed by atoms with E-state index in [-0.39, 0.29) is 30.6 Å². The van der Waals surface area contributed by atoms with Crippen molar-refractivity contribution in [1.82, 2.24) is 14.5 Å². The van der Waals surface area contributed by atoms with E-state index in [0.717, 1.165) is 26.3 Å². The number of ether oxygens (including phenoxy) is 1. The molecule has 3 rings (SSSR count). The quantitative estimate of drug-likeness (QED) is 0.303. The monoisotopic (exact) mass is 598 g/mol. The minimum absolute atomic E-state index is 0.0146. The minimum Gasteiger partial charge on any atom is -0.497 e. The first-order chi connectivity index (χ1) is 20.0. The van der Waals surface area contributed by atoms with E-state index in [1.165, 1.54) is 38.2 Å². The van der Waals surface area contributed by atoms with Crippen LogP contribution in [0.1, 0.15) is 31.4 Å². The lowest BCUT2D eigenvalue weighted by Gasteiger charge is -2.35. The number of nitrogens with one attached hydrogen (secondary N) is 1. The molecular formula is C31H39FN4O5S. The number of carbonyl (C=O) groups is 2. The molecule has 0 saturated carbocycles. The predicted molar refractivity (Wildman–Crippen MR) is 162 cm³/mol. The lowest BCUT2D eigenvalue weighted by Crippen LogP contribution is -2.55. The van der Waals surface area contributed by atoms with Gasteiger partial charge in [0, 0.05) is 33.1 Å². The van der Waals surface area contributed by atoms with Crippen LogP contribution in [0.4, 0.5) is 10.1 Å². The number of carbonyl (C=O) groups excluding carboxylic acids is 2. The van der Waals surface area contributed by atoms with Gasteiger partial charge in [0.25, 0.3) is 0 Å². The fourth-order valence-corrected chi connectivity index (χ4v) is 5.34. The molecule has 0 unspecified atom stereocenters. The summed E-state index contributed by atoms with van der Waals surface area (Å²) in [6, 6.07) is 20.2. The molecule has 0 aliphatic heterocycles. The van der Waals surface area contributed by atoms with Gasteiger partial charge in [-0.15, -0.1) is 0 Å². The summed E-state index contributed by atoms with van der Waals surface area (Å²) in [6.07, 6.45) is 0.892. The van der Waals surface area contributed by atoms with Gasteiger partial charge < -0.3 is 15.0 Å². The number of rotatable bonds is 14. The van der Waals surface area contributed by atoms with Crippen LogP contribution in [0.2, 0.25) is 0 Å². The van der Waals surface area contributed by atoms with Crippen LogP contribution in [0, 0.1) is 5.82 Å². The maximum Gasteiger partial charge on any atom is 0.304 e.